The Morgan fingerprint density at radius 2 is 2.86 bits per heavy atom. The van der Waals surface area contributed by atoms with Crippen molar-refractivity contribution in [3.8, 4) is 0 Å². The maximum Gasteiger partial charge on any atom is 0.0950 e. The van der Waals surface area contributed by atoms with Crippen molar-refractivity contribution in [2.24, 2.45) is 0 Å². The van der Waals surface area contributed by atoms with Gasteiger partial charge < -0.3 is 0 Å². The topological polar surface area (TPSA) is 12.5 Å². The third kappa shape index (κ3) is 1.11. The van der Waals surface area contributed by atoms with Crippen molar-refractivity contribution in [2.45, 2.75) is 0 Å². The van der Waals surface area contributed by atoms with Crippen LogP contribution in [0.5, 0.6) is 0 Å². The summed E-state index contributed by atoms with van der Waals surface area (Å²) < 4.78 is 0. The van der Waals surface area contributed by atoms with Gasteiger partial charge in [-0.25, -0.2) is 0 Å². The minimum atomic E-state index is 0.872. The highest BCUT2D eigenvalue weighted by atomic mass is 32.2. The summed E-state index contributed by atoms with van der Waals surface area (Å²) in [6.07, 6.45) is 1.78. The molecule has 3 heteroatoms. The molecule has 1 aliphatic rings. The highest BCUT2D eigenvalue weighted by Crippen LogP contribution is 2.12. The van der Waals surface area contributed by atoms with Crippen LogP contribution < -0.4 is 0 Å². The molecule has 1 rings (SSSR count). The largest absolute Gasteiger partial charge is 0.277 e. The van der Waals surface area contributed by atoms with E-state index in [0.717, 1.165) is 5.88 Å². The zero-order valence-electron chi connectivity index (χ0n) is 4.05. The van der Waals surface area contributed by atoms with Gasteiger partial charge in [-0.15, -0.1) is 0 Å². The molecule has 1 aliphatic heterocycles. The number of nitrogens with zero attached hydrogens (tertiary/aromatic N) is 1. The van der Waals surface area contributed by atoms with Gasteiger partial charge in [0.1, 0.15) is 0 Å². The minimum absolute atomic E-state index is 0.872. The van der Waals surface area contributed by atoms with E-state index in [0.29, 0.717) is 0 Å². The van der Waals surface area contributed by atoms with Crippen LogP contribution in [0.1, 0.15) is 0 Å². The average Bonchev–Trinajstić information content (AvgIpc) is 2.14. The van der Waals surface area contributed by atoms with E-state index in [2.05, 4.69) is 5.41 Å². The van der Waals surface area contributed by atoms with Crippen molar-refractivity contribution in [1.29, 1.82) is 0 Å². The minimum Gasteiger partial charge on any atom is -0.277 e. The second-order valence-corrected chi connectivity index (χ2v) is 1.90. The lowest BCUT2D eigenvalue weighted by Gasteiger charge is -2.07. The predicted molar refractivity (Wildman–Crippen MR) is 29.1 cm³/mol. The molecular formula is C4H6NOS. The van der Waals surface area contributed by atoms with E-state index in [1.807, 2.05) is 0 Å². The van der Waals surface area contributed by atoms with Crippen LogP contribution >= 0.6 is 11.8 Å². The molecule has 0 atom stereocenters. The molecule has 0 amide bonds. The van der Waals surface area contributed by atoms with Gasteiger partial charge in [-0.2, -0.15) is 0 Å². The van der Waals surface area contributed by atoms with E-state index in [-0.39, 0.29) is 0 Å². The zero-order valence-corrected chi connectivity index (χ0v) is 4.86. The normalized spacial score (nSPS) is 18.7. The molecule has 0 N–H and O–H groups in total. The summed E-state index contributed by atoms with van der Waals surface area (Å²) in [6.45, 7) is 0. The van der Waals surface area contributed by atoms with Crippen LogP contribution in [0.3, 0.4) is 0 Å². The van der Waals surface area contributed by atoms with Gasteiger partial charge in [-0.1, -0.05) is 11.8 Å². The summed E-state index contributed by atoms with van der Waals surface area (Å²) in [5, 5.41) is 4.63. The van der Waals surface area contributed by atoms with Crippen molar-refractivity contribution in [3.63, 3.8) is 0 Å². The van der Waals surface area contributed by atoms with Crippen LogP contribution in [0.15, 0.2) is 6.20 Å². The van der Waals surface area contributed by atoms with E-state index >= 15 is 0 Å². The molecule has 0 aromatic heterocycles. The Morgan fingerprint density at radius 1 is 2.00 bits per heavy atom. The Morgan fingerprint density at radius 3 is 3.14 bits per heavy atom. The second kappa shape index (κ2) is 2.23. The van der Waals surface area contributed by atoms with Gasteiger partial charge in [-0.05, 0) is 0 Å². The molecule has 0 saturated heterocycles. The Balaban J connectivity index is 2.28. The smallest absolute Gasteiger partial charge is 0.0950 e. The number of hydroxylamine groups is 2. The molecule has 0 aromatic carbocycles. The summed E-state index contributed by atoms with van der Waals surface area (Å²) in [7, 11) is 1.64. The summed E-state index contributed by atoms with van der Waals surface area (Å²) in [4.78, 5) is 4.81. The summed E-state index contributed by atoms with van der Waals surface area (Å²) >= 11 is 1.60. The molecule has 39 valence electrons. The summed E-state index contributed by atoms with van der Waals surface area (Å²) in [5.41, 5.74) is 0. The first-order chi connectivity index (χ1) is 3.43. The Labute approximate surface area is 47.1 Å². The van der Waals surface area contributed by atoms with Gasteiger partial charge in [-0.3, -0.25) is 9.90 Å². The van der Waals surface area contributed by atoms with E-state index in [4.69, 9.17) is 4.84 Å². The Hall–Kier alpha value is -0.150. The molecular weight excluding hydrogens is 110 g/mol. The SMILES string of the molecule is CON1C=[C]SC1. The first kappa shape index (κ1) is 5.00. The molecule has 0 aromatic rings. The number of thioether (sulfide) groups is 1. The van der Waals surface area contributed by atoms with E-state index in [1.54, 1.807) is 30.1 Å². The van der Waals surface area contributed by atoms with Crippen LogP contribution in [0.2, 0.25) is 0 Å². The van der Waals surface area contributed by atoms with Crippen LogP contribution in [0, 0.1) is 5.41 Å². The molecule has 0 unspecified atom stereocenters. The summed E-state index contributed by atoms with van der Waals surface area (Å²) in [5.74, 6) is 0.872. The maximum absolute atomic E-state index is 4.81. The maximum atomic E-state index is 4.81. The quantitative estimate of drug-likeness (QED) is 0.503. The number of rotatable bonds is 1. The highest BCUT2D eigenvalue weighted by Gasteiger charge is 2.00. The number of hydrogen-bond donors (Lipinski definition) is 0. The molecule has 0 fully saturated rings. The van der Waals surface area contributed by atoms with E-state index < -0.39 is 0 Å². The van der Waals surface area contributed by atoms with Crippen LogP contribution in [-0.4, -0.2) is 18.0 Å². The first-order valence-corrected chi connectivity index (χ1v) is 2.93. The molecule has 0 aliphatic carbocycles. The lowest BCUT2D eigenvalue weighted by atomic mass is 11.0. The zero-order chi connectivity index (χ0) is 5.11. The molecule has 0 bridgehead atoms. The lowest BCUT2D eigenvalue weighted by molar-refractivity contribution is -0.0685. The highest BCUT2D eigenvalue weighted by molar-refractivity contribution is 8.01. The molecule has 0 saturated carbocycles. The van der Waals surface area contributed by atoms with Gasteiger partial charge in [0.15, 0.2) is 0 Å². The first-order valence-electron chi connectivity index (χ1n) is 1.95. The van der Waals surface area contributed by atoms with Crippen LogP contribution in [0.4, 0.5) is 0 Å². The molecule has 1 heterocycles. The predicted octanol–water partition coefficient (Wildman–Crippen LogP) is 0.828. The standard InChI is InChI=1S/C4H6NOS/c1-6-5-2-3-7-4-5/h2H,4H2,1H3. The van der Waals surface area contributed by atoms with Gasteiger partial charge in [0.05, 0.1) is 13.0 Å². The Kier molecular flexibility index (Phi) is 1.59. The average molecular weight is 116 g/mol. The lowest BCUT2D eigenvalue weighted by Crippen LogP contribution is -2.09. The van der Waals surface area contributed by atoms with Crippen LogP contribution in [0.25, 0.3) is 0 Å². The van der Waals surface area contributed by atoms with Crippen molar-refractivity contribution < 1.29 is 4.84 Å². The fourth-order valence-corrected chi connectivity index (χ4v) is 0.913. The summed E-state index contributed by atoms with van der Waals surface area (Å²) in [6, 6.07) is 0. The van der Waals surface area contributed by atoms with Crippen molar-refractivity contribution in [1.82, 2.24) is 5.06 Å². The monoisotopic (exact) mass is 116 g/mol. The van der Waals surface area contributed by atoms with Gasteiger partial charge in [0, 0.05) is 11.6 Å². The fourth-order valence-electron chi connectivity index (χ4n) is 0.340. The molecule has 2 nitrogen and oxygen atoms in total. The van der Waals surface area contributed by atoms with Gasteiger partial charge in [0.25, 0.3) is 0 Å². The Bertz CT molecular complexity index is 83.8. The fraction of sp³-hybridized carbons (Fsp3) is 0.500. The number of hydrogen-bond acceptors (Lipinski definition) is 3. The van der Waals surface area contributed by atoms with Crippen molar-refractivity contribution >= 4 is 11.8 Å². The molecule has 1 radical (unpaired) electrons. The van der Waals surface area contributed by atoms with Crippen LogP contribution in [-0.2, 0) is 4.84 Å². The molecule has 0 spiro atoms. The second-order valence-electron chi connectivity index (χ2n) is 1.12. The molecule has 7 heavy (non-hydrogen) atoms. The van der Waals surface area contributed by atoms with Crippen molar-refractivity contribution in [3.05, 3.63) is 11.6 Å². The third-order valence-corrected chi connectivity index (χ3v) is 1.36. The van der Waals surface area contributed by atoms with E-state index in [9.17, 15) is 0 Å². The van der Waals surface area contributed by atoms with Crippen molar-refractivity contribution in [2.75, 3.05) is 13.0 Å². The van der Waals surface area contributed by atoms with E-state index in [1.165, 1.54) is 0 Å². The van der Waals surface area contributed by atoms with Gasteiger partial charge >= 0.3 is 0 Å². The van der Waals surface area contributed by atoms with Gasteiger partial charge in [0.2, 0.25) is 0 Å². The third-order valence-electron chi connectivity index (χ3n) is 0.706.